The van der Waals surface area contributed by atoms with Crippen LogP contribution >= 0.6 is 0 Å². The number of aryl methyl sites for hydroxylation is 2. The highest BCUT2D eigenvalue weighted by Gasteiger charge is 2.46. The van der Waals surface area contributed by atoms with Gasteiger partial charge in [-0.2, -0.15) is 26.3 Å². The van der Waals surface area contributed by atoms with Gasteiger partial charge in [-0.15, -0.1) is 0 Å². The first-order chi connectivity index (χ1) is 24.7. The molecule has 2 atom stereocenters. The monoisotopic (exact) mass is 750 g/mol. The second-order valence-electron chi connectivity index (χ2n) is 13.0. The van der Waals surface area contributed by atoms with Gasteiger partial charge in [0.1, 0.15) is 11.9 Å². The van der Waals surface area contributed by atoms with E-state index in [0.717, 1.165) is 4.90 Å². The summed E-state index contributed by atoms with van der Waals surface area (Å²) >= 11 is 0. The Balaban J connectivity index is 1.43. The molecule has 1 N–H and O–H groups in total. The van der Waals surface area contributed by atoms with Crippen LogP contribution < -0.4 is 9.64 Å². The number of carboxylic acids is 1. The van der Waals surface area contributed by atoms with Crippen molar-refractivity contribution in [3.05, 3.63) is 93.8 Å². The number of hydrogen-bond acceptors (Lipinski definition) is 7. The topological polar surface area (TPSA) is 105 Å². The molecule has 4 aromatic rings. The highest BCUT2D eigenvalue weighted by Crippen LogP contribution is 2.43. The quantitative estimate of drug-likeness (QED) is 0.179. The second-order valence-corrected chi connectivity index (χ2v) is 13.0. The summed E-state index contributed by atoms with van der Waals surface area (Å²) in [4.78, 5) is 36.4. The van der Waals surface area contributed by atoms with Crippen LogP contribution in [0.4, 0.5) is 45.7 Å². The van der Waals surface area contributed by atoms with E-state index < -0.39 is 78.8 Å². The lowest BCUT2D eigenvalue weighted by molar-refractivity contribution is -0.143. The van der Waals surface area contributed by atoms with Crippen molar-refractivity contribution in [1.29, 1.82) is 0 Å². The summed E-state index contributed by atoms with van der Waals surface area (Å²) in [5.74, 6) is -3.86. The van der Waals surface area contributed by atoms with Crippen LogP contribution in [0.3, 0.4) is 0 Å². The predicted octanol–water partition coefficient (Wildman–Crippen LogP) is 8.71. The smallest absolute Gasteiger partial charge is 0.416 e. The normalized spacial score (nSPS) is 18.5. The molecule has 4 heterocycles. The van der Waals surface area contributed by atoms with E-state index in [1.807, 2.05) is 0 Å². The van der Waals surface area contributed by atoms with E-state index in [0.29, 0.717) is 45.5 Å². The first kappa shape index (κ1) is 37.3. The number of nitrogens with zero attached hydrogens (tertiary/aromatic N) is 4. The van der Waals surface area contributed by atoms with Crippen molar-refractivity contribution in [1.82, 2.24) is 14.9 Å². The minimum atomic E-state index is -5.13. The highest BCUT2D eigenvalue weighted by atomic mass is 19.4. The zero-order chi connectivity index (χ0) is 38.8. The zero-order valence-electron chi connectivity index (χ0n) is 28.4. The number of anilines is 1. The van der Waals surface area contributed by atoms with Crippen LogP contribution in [0, 0.1) is 13.8 Å². The molecule has 2 fully saturated rings. The molecule has 0 bridgehead atoms. The molecule has 17 heteroatoms. The Morgan fingerprint density at radius 3 is 2.09 bits per heavy atom. The average Bonchev–Trinajstić information content (AvgIpc) is 3.34. The van der Waals surface area contributed by atoms with Crippen LogP contribution in [0.25, 0.3) is 22.3 Å². The number of amides is 1. The fourth-order valence-corrected chi connectivity index (χ4v) is 6.66. The van der Waals surface area contributed by atoms with E-state index in [4.69, 9.17) is 9.47 Å². The third-order valence-electron chi connectivity index (χ3n) is 9.18. The largest absolute Gasteiger partial charge is 0.481 e. The Hall–Kier alpha value is -5.48. The molecular weight excluding hydrogens is 720 g/mol. The number of carbonyl (C=O) groups excluding carboxylic acids is 1. The van der Waals surface area contributed by atoms with Crippen molar-refractivity contribution in [3.63, 3.8) is 0 Å². The molecule has 0 spiro atoms. The van der Waals surface area contributed by atoms with Gasteiger partial charge in [0.2, 0.25) is 5.88 Å². The SMILES string of the molecule is COc1ncc(-c2c(C)cc(C(=O)O)cc2C)cc1-c1ccc(N2CC(F)(F)C2)nc1CN1C(=O)O[C@H](c2cc(C(F)(F)F)cc(C(F)(F)F)c2)[C@@H]1C. The van der Waals surface area contributed by atoms with Crippen molar-refractivity contribution >= 4 is 17.9 Å². The van der Waals surface area contributed by atoms with Crippen LogP contribution in [0.1, 0.15) is 56.9 Å². The number of alkyl halides is 8. The first-order valence-corrected chi connectivity index (χ1v) is 16.0. The molecule has 0 saturated carbocycles. The van der Waals surface area contributed by atoms with Gasteiger partial charge in [0.15, 0.2) is 0 Å². The minimum Gasteiger partial charge on any atom is -0.481 e. The second kappa shape index (κ2) is 13.2. The summed E-state index contributed by atoms with van der Waals surface area (Å²) in [6, 6.07) is 7.56. The van der Waals surface area contributed by atoms with Crippen molar-refractivity contribution in [2.24, 2.45) is 0 Å². The number of aromatic carboxylic acids is 1. The summed E-state index contributed by atoms with van der Waals surface area (Å²) in [6.07, 6.45) is -11.4. The Morgan fingerprint density at radius 1 is 0.962 bits per heavy atom. The summed E-state index contributed by atoms with van der Waals surface area (Å²) < 4.78 is 121. The molecule has 280 valence electrons. The fraction of sp³-hybridized carbons (Fsp3) is 0.333. The van der Waals surface area contributed by atoms with E-state index in [1.54, 1.807) is 26.0 Å². The molecule has 2 aromatic carbocycles. The molecular formula is C36H30F8N4O5. The number of carbonyl (C=O) groups is 2. The lowest BCUT2D eigenvalue weighted by Crippen LogP contribution is -2.56. The molecule has 0 unspecified atom stereocenters. The van der Waals surface area contributed by atoms with Gasteiger partial charge >= 0.3 is 24.4 Å². The van der Waals surface area contributed by atoms with Gasteiger partial charge in [-0.1, -0.05) is 0 Å². The van der Waals surface area contributed by atoms with Crippen LogP contribution in [0.15, 0.2) is 54.7 Å². The minimum absolute atomic E-state index is 0.0250. The summed E-state index contributed by atoms with van der Waals surface area (Å²) in [6.45, 7) is 3.16. The fourth-order valence-electron chi connectivity index (χ4n) is 6.66. The summed E-state index contributed by atoms with van der Waals surface area (Å²) in [5.41, 5.74) is -0.398. The van der Waals surface area contributed by atoms with E-state index in [1.165, 1.54) is 43.3 Å². The third-order valence-corrected chi connectivity index (χ3v) is 9.18. The molecule has 0 radical (unpaired) electrons. The molecule has 2 aliphatic heterocycles. The van der Waals surface area contributed by atoms with E-state index in [9.17, 15) is 49.8 Å². The van der Waals surface area contributed by atoms with Gasteiger partial charge in [0.25, 0.3) is 5.92 Å². The van der Waals surface area contributed by atoms with Gasteiger partial charge in [0, 0.05) is 22.9 Å². The molecule has 2 aliphatic rings. The number of pyridine rings is 2. The molecule has 9 nitrogen and oxygen atoms in total. The lowest BCUT2D eigenvalue weighted by Gasteiger charge is -2.39. The van der Waals surface area contributed by atoms with E-state index in [2.05, 4.69) is 9.97 Å². The van der Waals surface area contributed by atoms with Gasteiger partial charge in [0.05, 0.1) is 55.2 Å². The lowest BCUT2D eigenvalue weighted by atomic mass is 9.92. The van der Waals surface area contributed by atoms with E-state index in [-0.39, 0.29) is 29.0 Å². The van der Waals surface area contributed by atoms with Gasteiger partial charge < -0.3 is 19.5 Å². The maximum atomic E-state index is 13.9. The van der Waals surface area contributed by atoms with Crippen molar-refractivity contribution in [2.45, 2.75) is 57.7 Å². The molecule has 1 amide bonds. The van der Waals surface area contributed by atoms with Crippen LogP contribution in [0.5, 0.6) is 5.88 Å². The van der Waals surface area contributed by atoms with Gasteiger partial charge in [-0.3, -0.25) is 4.90 Å². The predicted molar refractivity (Wildman–Crippen MR) is 174 cm³/mol. The zero-order valence-corrected chi connectivity index (χ0v) is 28.4. The van der Waals surface area contributed by atoms with Crippen LogP contribution in [0.2, 0.25) is 0 Å². The standard InChI is InChI=1S/C36H30F8N4O5/c1-17-7-21(32(49)50)8-18(2)29(17)22-11-26(31(52-4)45-13-22)25-5-6-28(47-15-34(37,38)16-47)46-27(25)14-48-19(3)30(53-33(48)51)20-9-23(35(39,40)41)12-24(10-20)36(42,43)44/h5-13,19,30H,14-16H2,1-4H3,(H,49,50)/t19-,30-/m0/s1. The van der Waals surface area contributed by atoms with Crippen LogP contribution in [-0.4, -0.2) is 64.2 Å². The number of hydrogen-bond donors (Lipinski definition) is 1. The summed E-state index contributed by atoms with van der Waals surface area (Å²) in [7, 11) is 1.35. The Morgan fingerprint density at radius 2 is 1.57 bits per heavy atom. The Labute approximate surface area is 296 Å². The third kappa shape index (κ3) is 7.28. The Kier molecular flexibility index (Phi) is 9.27. The van der Waals surface area contributed by atoms with Crippen molar-refractivity contribution in [2.75, 3.05) is 25.1 Å². The molecule has 2 saturated heterocycles. The Bertz CT molecular complexity index is 2060. The van der Waals surface area contributed by atoms with Gasteiger partial charge in [-0.05, 0) is 91.6 Å². The number of methoxy groups -OCH3 is 1. The molecule has 53 heavy (non-hydrogen) atoms. The number of halogens is 8. The maximum absolute atomic E-state index is 13.9. The summed E-state index contributed by atoms with van der Waals surface area (Å²) in [5, 5.41) is 9.52. The molecule has 0 aliphatic carbocycles. The first-order valence-electron chi connectivity index (χ1n) is 16.0. The number of cyclic esters (lactones) is 1. The van der Waals surface area contributed by atoms with Gasteiger partial charge in [-0.25, -0.2) is 28.3 Å². The number of carboxylic acid groups (broad SMARTS) is 1. The maximum Gasteiger partial charge on any atom is 0.416 e. The van der Waals surface area contributed by atoms with Crippen molar-refractivity contribution < 1.29 is 59.3 Å². The molecule has 2 aromatic heterocycles. The molecule has 6 rings (SSSR count). The number of benzene rings is 2. The average molecular weight is 751 g/mol. The van der Waals surface area contributed by atoms with Crippen molar-refractivity contribution in [3.8, 4) is 28.1 Å². The highest BCUT2D eigenvalue weighted by molar-refractivity contribution is 5.90. The van der Waals surface area contributed by atoms with E-state index >= 15 is 0 Å². The number of aromatic nitrogens is 2. The number of ether oxygens (including phenoxy) is 2. The number of rotatable bonds is 8. The van der Waals surface area contributed by atoms with Crippen LogP contribution in [-0.2, 0) is 23.6 Å².